The van der Waals surface area contributed by atoms with Crippen LogP contribution in [0.5, 0.6) is 0 Å². The lowest BCUT2D eigenvalue weighted by atomic mass is 9.84. The van der Waals surface area contributed by atoms with Gasteiger partial charge < -0.3 is 15.3 Å². The maximum atomic E-state index is 10.6. The number of hydrogen-bond acceptors (Lipinski definition) is 3. The van der Waals surface area contributed by atoms with Crippen molar-refractivity contribution in [3.63, 3.8) is 0 Å². The number of hydrogen-bond donors (Lipinski definition) is 3. The van der Waals surface area contributed by atoms with Gasteiger partial charge in [-0.05, 0) is 43.9 Å². The quantitative estimate of drug-likeness (QED) is 0.322. The molecular weight excluding hydrogens is 328 g/mol. The molecule has 0 aliphatic heterocycles. The standard InChI is InChI=1S/C22H42O4/c1-2-3-4-5-8-11-14-20(23)19-16-17-21(24)18(19)13-10-7-6-9-12-15-22(25)26/h18-21,23-24H,2-17H2,1H3,(H,25,26). The van der Waals surface area contributed by atoms with Gasteiger partial charge in [-0.15, -0.1) is 0 Å². The lowest BCUT2D eigenvalue weighted by molar-refractivity contribution is -0.137. The molecule has 154 valence electrons. The Hall–Kier alpha value is -0.610. The summed E-state index contributed by atoms with van der Waals surface area (Å²) in [4.78, 5) is 10.5. The molecule has 1 aliphatic carbocycles. The van der Waals surface area contributed by atoms with Crippen molar-refractivity contribution in [3.05, 3.63) is 0 Å². The van der Waals surface area contributed by atoms with Gasteiger partial charge in [0.25, 0.3) is 0 Å². The number of aliphatic hydroxyl groups excluding tert-OH is 2. The van der Waals surface area contributed by atoms with Gasteiger partial charge in [-0.25, -0.2) is 0 Å². The van der Waals surface area contributed by atoms with Gasteiger partial charge in [0.15, 0.2) is 0 Å². The zero-order chi connectivity index (χ0) is 19.2. The summed E-state index contributed by atoms with van der Waals surface area (Å²) in [6.45, 7) is 2.23. The van der Waals surface area contributed by atoms with Crippen LogP contribution >= 0.6 is 0 Å². The molecule has 0 spiro atoms. The topological polar surface area (TPSA) is 77.8 Å². The highest BCUT2D eigenvalue weighted by Crippen LogP contribution is 2.39. The van der Waals surface area contributed by atoms with Crippen LogP contribution in [0.2, 0.25) is 0 Å². The smallest absolute Gasteiger partial charge is 0.303 e. The first-order valence-electron chi connectivity index (χ1n) is 11.1. The van der Waals surface area contributed by atoms with Crippen LogP contribution in [0.25, 0.3) is 0 Å². The van der Waals surface area contributed by atoms with Crippen LogP contribution in [-0.2, 0) is 4.79 Å². The van der Waals surface area contributed by atoms with Gasteiger partial charge in [-0.1, -0.05) is 71.1 Å². The van der Waals surface area contributed by atoms with Crippen molar-refractivity contribution < 1.29 is 20.1 Å². The number of rotatable bonds is 16. The molecule has 0 aromatic carbocycles. The minimum atomic E-state index is -0.707. The predicted molar refractivity (Wildman–Crippen MR) is 106 cm³/mol. The largest absolute Gasteiger partial charge is 0.481 e. The highest BCUT2D eigenvalue weighted by atomic mass is 16.4. The number of aliphatic hydroxyl groups is 2. The molecule has 0 amide bonds. The lowest BCUT2D eigenvalue weighted by Crippen LogP contribution is -2.28. The van der Waals surface area contributed by atoms with Gasteiger partial charge >= 0.3 is 5.97 Å². The third kappa shape index (κ3) is 9.91. The van der Waals surface area contributed by atoms with Crippen LogP contribution in [0.1, 0.15) is 110 Å². The monoisotopic (exact) mass is 370 g/mol. The van der Waals surface area contributed by atoms with Crippen molar-refractivity contribution in [2.75, 3.05) is 0 Å². The molecule has 0 heterocycles. The van der Waals surface area contributed by atoms with Gasteiger partial charge in [0.1, 0.15) is 0 Å². The molecule has 0 aromatic heterocycles. The van der Waals surface area contributed by atoms with Crippen molar-refractivity contribution in [2.45, 2.75) is 122 Å². The number of unbranched alkanes of at least 4 members (excludes halogenated alkanes) is 9. The highest BCUT2D eigenvalue weighted by Gasteiger charge is 2.38. The normalized spacial score (nSPS) is 24.0. The summed E-state index contributed by atoms with van der Waals surface area (Å²) in [7, 11) is 0. The first kappa shape index (κ1) is 23.4. The second kappa shape index (κ2) is 14.4. The molecule has 0 saturated heterocycles. The Labute approximate surface area is 160 Å². The molecule has 0 bridgehead atoms. The SMILES string of the molecule is CCCCCCCCC(O)C1CCC(O)C1CCCCCCCC(=O)O. The van der Waals surface area contributed by atoms with Crippen LogP contribution in [0.15, 0.2) is 0 Å². The molecule has 4 atom stereocenters. The summed E-state index contributed by atoms with van der Waals surface area (Å²) in [5.41, 5.74) is 0. The summed E-state index contributed by atoms with van der Waals surface area (Å²) in [6, 6.07) is 0. The van der Waals surface area contributed by atoms with Gasteiger partial charge in [0, 0.05) is 6.42 Å². The van der Waals surface area contributed by atoms with Gasteiger partial charge in [-0.3, -0.25) is 4.79 Å². The number of carboxylic acids is 1. The molecule has 26 heavy (non-hydrogen) atoms. The average molecular weight is 371 g/mol. The van der Waals surface area contributed by atoms with Crippen molar-refractivity contribution in [1.82, 2.24) is 0 Å². The number of aliphatic carboxylic acids is 1. The van der Waals surface area contributed by atoms with Crippen LogP contribution in [0, 0.1) is 11.8 Å². The van der Waals surface area contributed by atoms with E-state index in [2.05, 4.69) is 6.92 Å². The highest BCUT2D eigenvalue weighted by molar-refractivity contribution is 5.66. The van der Waals surface area contributed by atoms with E-state index in [0.717, 1.165) is 64.2 Å². The Balaban J connectivity index is 2.16. The minimum Gasteiger partial charge on any atom is -0.481 e. The molecule has 4 nitrogen and oxygen atoms in total. The van der Waals surface area contributed by atoms with Crippen molar-refractivity contribution >= 4 is 5.97 Å². The van der Waals surface area contributed by atoms with Crippen LogP contribution in [0.4, 0.5) is 0 Å². The van der Waals surface area contributed by atoms with Crippen LogP contribution < -0.4 is 0 Å². The van der Waals surface area contributed by atoms with E-state index in [0.29, 0.717) is 0 Å². The van der Waals surface area contributed by atoms with Crippen molar-refractivity contribution in [3.8, 4) is 0 Å². The maximum Gasteiger partial charge on any atom is 0.303 e. The molecule has 1 rings (SSSR count). The average Bonchev–Trinajstić information content (AvgIpc) is 2.97. The molecule has 0 radical (unpaired) electrons. The van der Waals surface area contributed by atoms with E-state index in [1.807, 2.05) is 0 Å². The minimum absolute atomic E-state index is 0.244. The van der Waals surface area contributed by atoms with Crippen molar-refractivity contribution in [1.29, 1.82) is 0 Å². The van der Waals surface area contributed by atoms with E-state index >= 15 is 0 Å². The Bertz CT molecular complexity index is 358. The van der Waals surface area contributed by atoms with E-state index in [-0.39, 0.29) is 30.5 Å². The molecular formula is C22H42O4. The second-order valence-electron chi connectivity index (χ2n) is 8.30. The summed E-state index contributed by atoms with van der Waals surface area (Å²) < 4.78 is 0. The third-order valence-electron chi connectivity index (χ3n) is 6.12. The Kier molecular flexibility index (Phi) is 13.0. The number of carbonyl (C=O) groups is 1. The third-order valence-corrected chi connectivity index (χ3v) is 6.12. The second-order valence-corrected chi connectivity index (χ2v) is 8.30. The summed E-state index contributed by atoms with van der Waals surface area (Å²) >= 11 is 0. The molecule has 1 fully saturated rings. The van der Waals surface area contributed by atoms with E-state index in [1.165, 1.54) is 32.1 Å². The summed E-state index contributed by atoms with van der Waals surface area (Å²) in [5, 5.41) is 29.5. The molecule has 1 aliphatic rings. The fraction of sp³-hybridized carbons (Fsp3) is 0.955. The maximum absolute atomic E-state index is 10.6. The Morgan fingerprint density at radius 3 is 2.23 bits per heavy atom. The van der Waals surface area contributed by atoms with E-state index < -0.39 is 5.97 Å². The molecule has 4 heteroatoms. The van der Waals surface area contributed by atoms with Gasteiger partial charge in [0.2, 0.25) is 0 Å². The molecule has 0 aromatic rings. The lowest BCUT2D eigenvalue weighted by Gasteiger charge is -2.26. The Morgan fingerprint density at radius 2 is 1.54 bits per heavy atom. The fourth-order valence-electron chi connectivity index (χ4n) is 4.50. The molecule has 4 unspecified atom stereocenters. The number of carboxylic acid groups (broad SMARTS) is 1. The van der Waals surface area contributed by atoms with Crippen LogP contribution in [-0.4, -0.2) is 33.5 Å². The first-order chi connectivity index (χ1) is 12.6. The fourth-order valence-corrected chi connectivity index (χ4v) is 4.50. The van der Waals surface area contributed by atoms with Gasteiger partial charge in [0.05, 0.1) is 12.2 Å². The molecule has 3 N–H and O–H groups in total. The first-order valence-corrected chi connectivity index (χ1v) is 11.1. The zero-order valence-corrected chi connectivity index (χ0v) is 16.9. The van der Waals surface area contributed by atoms with Crippen molar-refractivity contribution in [2.24, 2.45) is 11.8 Å². The van der Waals surface area contributed by atoms with Gasteiger partial charge in [-0.2, -0.15) is 0 Å². The van der Waals surface area contributed by atoms with E-state index in [9.17, 15) is 15.0 Å². The summed E-state index contributed by atoms with van der Waals surface area (Å²) in [6.07, 6.45) is 15.9. The molecule has 1 saturated carbocycles. The van der Waals surface area contributed by atoms with Crippen LogP contribution in [0.3, 0.4) is 0 Å². The predicted octanol–water partition coefficient (Wildman–Crippen LogP) is 5.30. The van der Waals surface area contributed by atoms with E-state index in [4.69, 9.17) is 5.11 Å². The zero-order valence-electron chi connectivity index (χ0n) is 16.9. The van der Waals surface area contributed by atoms with E-state index in [1.54, 1.807) is 0 Å². The Morgan fingerprint density at radius 1 is 0.923 bits per heavy atom. The summed E-state index contributed by atoms with van der Waals surface area (Å²) in [5.74, 6) is -0.182.